The van der Waals surface area contributed by atoms with E-state index in [9.17, 15) is 9.59 Å². The predicted octanol–water partition coefficient (Wildman–Crippen LogP) is 4.28. The van der Waals surface area contributed by atoms with Crippen LogP contribution in [0.4, 0.5) is 5.69 Å². The molecule has 0 radical (unpaired) electrons. The van der Waals surface area contributed by atoms with Gasteiger partial charge in [-0.2, -0.15) is 0 Å². The molecule has 2 N–H and O–H groups in total. The zero-order valence-electron chi connectivity index (χ0n) is 15.8. The summed E-state index contributed by atoms with van der Waals surface area (Å²) < 4.78 is 5.87. The van der Waals surface area contributed by atoms with E-state index in [0.717, 1.165) is 5.56 Å². The number of hydrogen-bond acceptors (Lipinski definition) is 3. The number of hydrogen-bond donors (Lipinski definition) is 2. The zero-order chi connectivity index (χ0) is 19.2. The van der Waals surface area contributed by atoms with Gasteiger partial charge < -0.3 is 15.4 Å². The quantitative estimate of drug-likeness (QED) is 0.814. The van der Waals surface area contributed by atoms with Crippen molar-refractivity contribution >= 4 is 17.5 Å². The number of amides is 2. The molecule has 0 unspecified atom stereocenters. The Bertz CT molecular complexity index is 762. The van der Waals surface area contributed by atoms with Crippen LogP contribution in [0.2, 0.25) is 0 Å². The van der Waals surface area contributed by atoms with Crippen LogP contribution in [-0.4, -0.2) is 18.4 Å². The van der Waals surface area contributed by atoms with Crippen molar-refractivity contribution in [2.75, 3.05) is 11.9 Å². The molecule has 2 rings (SSSR count). The number of carbonyl (C=O) groups excluding carboxylic acids is 2. The molecule has 0 saturated carbocycles. The molecule has 0 spiro atoms. The summed E-state index contributed by atoms with van der Waals surface area (Å²) in [5.74, 6) is 1.02. The molecule has 0 saturated heterocycles. The third-order valence-electron chi connectivity index (χ3n) is 3.73. The minimum Gasteiger partial charge on any atom is -0.455 e. The van der Waals surface area contributed by atoms with Gasteiger partial charge in [0.1, 0.15) is 5.75 Å². The van der Waals surface area contributed by atoms with Crippen LogP contribution in [0.1, 0.15) is 32.8 Å². The number of rotatable bonds is 6. The third-order valence-corrected chi connectivity index (χ3v) is 3.73. The Balaban J connectivity index is 1.93. The second-order valence-corrected chi connectivity index (χ2v) is 7.22. The molecule has 0 aliphatic heterocycles. The fraction of sp³-hybridized carbons (Fsp3) is 0.333. The number of aryl methyl sites for hydroxylation is 1. The lowest BCUT2D eigenvalue weighted by molar-refractivity contribution is -0.128. The van der Waals surface area contributed by atoms with Gasteiger partial charge in [-0.15, -0.1) is 0 Å². The lowest BCUT2D eigenvalue weighted by Gasteiger charge is -2.17. The first-order valence-electron chi connectivity index (χ1n) is 8.67. The molecule has 0 atom stereocenters. The van der Waals surface area contributed by atoms with Crippen molar-refractivity contribution in [2.45, 2.75) is 34.1 Å². The summed E-state index contributed by atoms with van der Waals surface area (Å²) in [5, 5.41) is 5.61. The van der Waals surface area contributed by atoms with E-state index in [1.54, 1.807) is 12.1 Å². The first-order valence-corrected chi connectivity index (χ1v) is 8.67. The average molecular weight is 354 g/mol. The van der Waals surface area contributed by atoms with Gasteiger partial charge in [0.25, 0.3) is 0 Å². The number of benzene rings is 2. The topological polar surface area (TPSA) is 67.4 Å². The van der Waals surface area contributed by atoms with Gasteiger partial charge >= 0.3 is 0 Å². The SMILES string of the molecule is Cc1ccc(Oc2ccccc2NC(=O)CCNC(=O)C(C)(C)C)cc1. The van der Waals surface area contributed by atoms with Crippen molar-refractivity contribution in [3.8, 4) is 11.5 Å². The summed E-state index contributed by atoms with van der Waals surface area (Å²) in [7, 11) is 0. The highest BCUT2D eigenvalue weighted by Gasteiger charge is 2.20. The normalized spacial score (nSPS) is 10.9. The van der Waals surface area contributed by atoms with E-state index >= 15 is 0 Å². The van der Waals surface area contributed by atoms with Crippen molar-refractivity contribution in [1.82, 2.24) is 5.32 Å². The minimum atomic E-state index is -0.467. The van der Waals surface area contributed by atoms with Gasteiger partial charge in [0, 0.05) is 18.4 Å². The first kappa shape index (κ1) is 19.5. The molecule has 0 aromatic heterocycles. The molecular formula is C21H26N2O3. The van der Waals surface area contributed by atoms with Crippen molar-refractivity contribution in [3.63, 3.8) is 0 Å². The van der Waals surface area contributed by atoms with Crippen LogP contribution >= 0.6 is 0 Å². The Labute approximate surface area is 154 Å². The molecule has 2 amide bonds. The van der Waals surface area contributed by atoms with Gasteiger partial charge in [-0.25, -0.2) is 0 Å². The maximum atomic E-state index is 12.2. The average Bonchev–Trinajstić information content (AvgIpc) is 2.57. The van der Waals surface area contributed by atoms with Crippen molar-refractivity contribution in [1.29, 1.82) is 0 Å². The summed E-state index contributed by atoms with van der Waals surface area (Å²) in [6.45, 7) is 7.81. The summed E-state index contributed by atoms with van der Waals surface area (Å²) >= 11 is 0. The second kappa shape index (κ2) is 8.52. The molecule has 26 heavy (non-hydrogen) atoms. The van der Waals surface area contributed by atoms with E-state index in [1.165, 1.54) is 0 Å². The standard InChI is InChI=1S/C21H26N2O3/c1-15-9-11-16(12-10-15)26-18-8-6-5-7-17(18)23-19(24)13-14-22-20(25)21(2,3)4/h5-12H,13-14H2,1-4H3,(H,22,25)(H,23,24). The zero-order valence-corrected chi connectivity index (χ0v) is 15.8. The van der Waals surface area contributed by atoms with Gasteiger partial charge in [-0.3, -0.25) is 9.59 Å². The van der Waals surface area contributed by atoms with Gasteiger partial charge in [-0.1, -0.05) is 50.6 Å². The number of para-hydroxylation sites is 2. The Kier molecular flexibility index (Phi) is 6.39. The lowest BCUT2D eigenvalue weighted by atomic mass is 9.96. The van der Waals surface area contributed by atoms with E-state index in [-0.39, 0.29) is 18.2 Å². The van der Waals surface area contributed by atoms with Crippen LogP contribution in [0.3, 0.4) is 0 Å². The Morgan fingerprint density at radius 3 is 2.31 bits per heavy atom. The van der Waals surface area contributed by atoms with Crippen molar-refractivity contribution < 1.29 is 14.3 Å². The highest BCUT2D eigenvalue weighted by atomic mass is 16.5. The van der Waals surface area contributed by atoms with Crippen LogP contribution in [0.5, 0.6) is 11.5 Å². The molecule has 0 heterocycles. The van der Waals surface area contributed by atoms with Crippen LogP contribution in [0, 0.1) is 12.3 Å². The Morgan fingerprint density at radius 1 is 1.00 bits per heavy atom. The van der Waals surface area contributed by atoms with Crippen LogP contribution < -0.4 is 15.4 Å². The molecule has 0 bridgehead atoms. The molecule has 5 nitrogen and oxygen atoms in total. The lowest BCUT2D eigenvalue weighted by Crippen LogP contribution is -2.36. The van der Waals surface area contributed by atoms with Crippen molar-refractivity contribution in [2.24, 2.45) is 5.41 Å². The Morgan fingerprint density at radius 2 is 1.65 bits per heavy atom. The highest BCUT2D eigenvalue weighted by molar-refractivity contribution is 5.92. The van der Waals surface area contributed by atoms with Crippen LogP contribution in [-0.2, 0) is 9.59 Å². The van der Waals surface area contributed by atoms with E-state index < -0.39 is 5.41 Å². The number of ether oxygens (including phenoxy) is 1. The summed E-state index contributed by atoms with van der Waals surface area (Å²) in [5.41, 5.74) is 1.28. The monoisotopic (exact) mass is 354 g/mol. The van der Waals surface area contributed by atoms with Crippen LogP contribution in [0.15, 0.2) is 48.5 Å². The van der Waals surface area contributed by atoms with Gasteiger partial charge in [-0.05, 0) is 31.2 Å². The maximum Gasteiger partial charge on any atom is 0.226 e. The third kappa shape index (κ3) is 5.92. The summed E-state index contributed by atoms with van der Waals surface area (Å²) in [6, 6.07) is 15.0. The number of carbonyl (C=O) groups is 2. The summed E-state index contributed by atoms with van der Waals surface area (Å²) in [4.78, 5) is 24.0. The first-order chi connectivity index (χ1) is 12.3. The molecule has 0 aliphatic carbocycles. The van der Waals surface area contributed by atoms with Gasteiger partial charge in [0.2, 0.25) is 11.8 Å². The Hall–Kier alpha value is -2.82. The predicted molar refractivity (Wildman–Crippen MR) is 103 cm³/mol. The number of anilines is 1. The van der Waals surface area contributed by atoms with Gasteiger partial charge in [0.15, 0.2) is 5.75 Å². The largest absolute Gasteiger partial charge is 0.455 e. The fourth-order valence-corrected chi connectivity index (χ4v) is 2.16. The summed E-state index contributed by atoms with van der Waals surface area (Å²) in [6.07, 6.45) is 0.195. The van der Waals surface area contributed by atoms with E-state index in [2.05, 4.69) is 10.6 Å². The molecule has 138 valence electrons. The van der Waals surface area contributed by atoms with Gasteiger partial charge in [0.05, 0.1) is 5.69 Å². The molecule has 5 heteroatoms. The minimum absolute atomic E-state index is 0.0756. The maximum absolute atomic E-state index is 12.2. The van der Waals surface area contributed by atoms with E-state index in [1.807, 2.05) is 64.1 Å². The molecule has 2 aromatic rings. The van der Waals surface area contributed by atoms with Crippen molar-refractivity contribution in [3.05, 3.63) is 54.1 Å². The highest BCUT2D eigenvalue weighted by Crippen LogP contribution is 2.29. The van der Waals surface area contributed by atoms with E-state index in [0.29, 0.717) is 23.7 Å². The second-order valence-electron chi connectivity index (χ2n) is 7.22. The van der Waals surface area contributed by atoms with Crippen LogP contribution in [0.25, 0.3) is 0 Å². The number of nitrogens with one attached hydrogen (secondary N) is 2. The molecule has 0 fully saturated rings. The molecular weight excluding hydrogens is 328 g/mol. The molecule has 2 aromatic carbocycles. The van der Waals surface area contributed by atoms with E-state index in [4.69, 9.17) is 4.74 Å². The fourth-order valence-electron chi connectivity index (χ4n) is 2.16. The smallest absolute Gasteiger partial charge is 0.226 e. The molecule has 0 aliphatic rings.